The van der Waals surface area contributed by atoms with E-state index in [1.165, 1.54) is 44.9 Å². The van der Waals surface area contributed by atoms with E-state index in [1.807, 2.05) is 0 Å². The lowest BCUT2D eigenvalue weighted by Crippen LogP contribution is -2.53. The topological polar surface area (TPSA) is 87.5 Å². The highest BCUT2D eigenvalue weighted by Gasteiger charge is 2.49. The van der Waals surface area contributed by atoms with Crippen molar-refractivity contribution in [2.45, 2.75) is 102 Å². The molecule has 5 rings (SSSR count). The normalized spacial score (nSPS) is 40.9. The van der Waals surface area contributed by atoms with Crippen LogP contribution in [0, 0.1) is 29.6 Å². The fraction of sp³-hybridized carbons (Fsp3) is 0.923. The molecule has 7 atom stereocenters. The van der Waals surface area contributed by atoms with Gasteiger partial charge in [0, 0.05) is 24.5 Å². The number of nitrogens with one attached hydrogen (secondary N) is 2. The van der Waals surface area contributed by atoms with E-state index in [9.17, 15) is 9.59 Å². The average Bonchev–Trinajstić information content (AvgIpc) is 3.18. The van der Waals surface area contributed by atoms with Crippen molar-refractivity contribution >= 4 is 11.8 Å². The van der Waals surface area contributed by atoms with E-state index in [0.717, 1.165) is 75.9 Å². The van der Waals surface area contributed by atoms with Gasteiger partial charge in [0.2, 0.25) is 11.8 Å². The SMILES string of the molecule is NC(=O)C1CCC2CC(C(=O)NC3CCNCC3)N(CC3CCCC4CCCCC43)C2C1. The Bertz CT molecular complexity index is 677. The highest BCUT2D eigenvalue weighted by atomic mass is 16.2. The van der Waals surface area contributed by atoms with Gasteiger partial charge in [-0.05, 0) is 88.1 Å². The zero-order chi connectivity index (χ0) is 22.1. The standard InChI is InChI=1S/C26H44N4O2/c27-25(31)19-9-8-18-14-24(26(32)29-21-10-12-28-13-11-21)30(23(18)15-19)16-20-6-3-5-17-4-1-2-7-22(17)20/h17-24,28H,1-16H2,(H2,27,31)(H,29,32). The van der Waals surface area contributed by atoms with Crippen molar-refractivity contribution in [3.05, 3.63) is 0 Å². The van der Waals surface area contributed by atoms with Crippen LogP contribution in [0.4, 0.5) is 0 Å². The summed E-state index contributed by atoms with van der Waals surface area (Å²) in [6.07, 6.45) is 15.5. The number of hydrogen-bond acceptors (Lipinski definition) is 4. The summed E-state index contributed by atoms with van der Waals surface area (Å²) in [7, 11) is 0. The van der Waals surface area contributed by atoms with Gasteiger partial charge in [0.05, 0.1) is 6.04 Å². The monoisotopic (exact) mass is 444 g/mol. The fourth-order valence-corrected chi connectivity index (χ4v) is 8.16. The highest BCUT2D eigenvalue weighted by Crippen LogP contribution is 2.47. The molecular formula is C26H44N4O2. The maximum absolute atomic E-state index is 13.5. The minimum absolute atomic E-state index is 0.0150. The second-order valence-corrected chi connectivity index (χ2v) is 11.6. The van der Waals surface area contributed by atoms with E-state index in [0.29, 0.717) is 18.0 Å². The number of piperidine rings is 1. The van der Waals surface area contributed by atoms with Crippen LogP contribution in [0.3, 0.4) is 0 Å². The molecule has 3 aliphatic carbocycles. The Morgan fingerprint density at radius 2 is 1.66 bits per heavy atom. The lowest BCUT2D eigenvalue weighted by molar-refractivity contribution is -0.127. The number of nitrogens with two attached hydrogens (primary N) is 1. The van der Waals surface area contributed by atoms with Gasteiger partial charge in [0.25, 0.3) is 0 Å². The Hall–Kier alpha value is -1.14. The Morgan fingerprint density at radius 3 is 2.47 bits per heavy atom. The Morgan fingerprint density at radius 1 is 0.875 bits per heavy atom. The summed E-state index contributed by atoms with van der Waals surface area (Å²) >= 11 is 0. The molecule has 7 unspecified atom stereocenters. The number of rotatable bonds is 5. The minimum Gasteiger partial charge on any atom is -0.369 e. The van der Waals surface area contributed by atoms with Crippen LogP contribution in [0.15, 0.2) is 0 Å². The first-order valence-electron chi connectivity index (χ1n) is 13.7. The van der Waals surface area contributed by atoms with Crippen molar-refractivity contribution in [1.82, 2.24) is 15.5 Å². The van der Waals surface area contributed by atoms with Crippen molar-refractivity contribution in [3.8, 4) is 0 Å². The van der Waals surface area contributed by atoms with Crippen LogP contribution in [0.5, 0.6) is 0 Å². The van der Waals surface area contributed by atoms with Gasteiger partial charge in [-0.1, -0.05) is 32.1 Å². The number of nitrogens with zero attached hydrogens (tertiary/aromatic N) is 1. The van der Waals surface area contributed by atoms with Gasteiger partial charge in [-0.15, -0.1) is 0 Å². The third-order valence-corrected chi connectivity index (χ3v) is 9.87. The third-order valence-electron chi connectivity index (χ3n) is 9.87. The third kappa shape index (κ3) is 4.72. The summed E-state index contributed by atoms with van der Waals surface area (Å²) in [6.45, 7) is 3.05. The number of amides is 2. The highest BCUT2D eigenvalue weighted by molar-refractivity contribution is 5.82. The van der Waals surface area contributed by atoms with Crippen molar-refractivity contribution in [3.63, 3.8) is 0 Å². The first-order valence-corrected chi connectivity index (χ1v) is 13.7. The van der Waals surface area contributed by atoms with Gasteiger partial charge >= 0.3 is 0 Å². The molecule has 0 bridgehead atoms. The van der Waals surface area contributed by atoms with Crippen LogP contribution >= 0.6 is 0 Å². The zero-order valence-electron chi connectivity index (χ0n) is 19.8. The predicted molar refractivity (Wildman–Crippen MR) is 126 cm³/mol. The number of hydrogen-bond donors (Lipinski definition) is 3. The van der Waals surface area contributed by atoms with Crippen LogP contribution in [0.25, 0.3) is 0 Å². The van der Waals surface area contributed by atoms with E-state index >= 15 is 0 Å². The molecule has 180 valence electrons. The first kappa shape index (κ1) is 22.6. The van der Waals surface area contributed by atoms with Gasteiger partial charge < -0.3 is 16.4 Å². The quantitative estimate of drug-likeness (QED) is 0.608. The summed E-state index contributed by atoms with van der Waals surface area (Å²) in [4.78, 5) is 28.1. The van der Waals surface area contributed by atoms with Crippen LogP contribution in [-0.2, 0) is 9.59 Å². The molecule has 0 aromatic heterocycles. The largest absolute Gasteiger partial charge is 0.369 e. The lowest BCUT2D eigenvalue weighted by atomic mass is 9.65. The number of carbonyl (C=O) groups excluding carboxylic acids is 2. The van der Waals surface area contributed by atoms with E-state index in [2.05, 4.69) is 15.5 Å². The molecular weight excluding hydrogens is 400 g/mol. The number of fused-ring (bicyclic) bond motifs is 2. The molecule has 0 aromatic rings. The summed E-state index contributed by atoms with van der Waals surface area (Å²) in [5.41, 5.74) is 5.74. The van der Waals surface area contributed by atoms with Gasteiger partial charge in [0.1, 0.15) is 0 Å². The zero-order valence-corrected chi connectivity index (χ0v) is 19.8. The predicted octanol–water partition coefficient (Wildman–Crippen LogP) is 2.81. The molecule has 3 saturated carbocycles. The second-order valence-electron chi connectivity index (χ2n) is 11.6. The molecule has 6 heteroatoms. The van der Waals surface area contributed by atoms with E-state index in [-0.39, 0.29) is 23.8 Å². The van der Waals surface area contributed by atoms with Gasteiger partial charge in [-0.2, -0.15) is 0 Å². The average molecular weight is 445 g/mol. The summed E-state index contributed by atoms with van der Waals surface area (Å²) in [5.74, 6) is 3.11. The minimum atomic E-state index is -0.143. The summed E-state index contributed by atoms with van der Waals surface area (Å²) < 4.78 is 0. The Labute approximate surface area is 193 Å². The molecule has 2 amide bonds. The first-order chi connectivity index (χ1) is 15.6. The maximum atomic E-state index is 13.5. The van der Waals surface area contributed by atoms with Crippen LogP contribution in [-0.4, -0.2) is 54.5 Å². The van der Waals surface area contributed by atoms with Crippen molar-refractivity contribution < 1.29 is 9.59 Å². The Balaban J connectivity index is 1.33. The van der Waals surface area contributed by atoms with E-state index in [4.69, 9.17) is 5.73 Å². The van der Waals surface area contributed by atoms with E-state index < -0.39 is 0 Å². The number of carbonyl (C=O) groups is 2. The van der Waals surface area contributed by atoms with Crippen molar-refractivity contribution in [2.24, 2.45) is 35.3 Å². The molecule has 2 heterocycles. The van der Waals surface area contributed by atoms with Crippen molar-refractivity contribution in [1.29, 1.82) is 0 Å². The van der Waals surface area contributed by atoms with Gasteiger partial charge in [0.15, 0.2) is 0 Å². The van der Waals surface area contributed by atoms with Gasteiger partial charge in [-0.25, -0.2) is 0 Å². The molecule has 0 spiro atoms. The molecule has 2 aliphatic heterocycles. The summed E-state index contributed by atoms with van der Waals surface area (Å²) in [5, 5.41) is 6.81. The smallest absolute Gasteiger partial charge is 0.237 e. The number of likely N-dealkylation sites (tertiary alicyclic amines) is 1. The van der Waals surface area contributed by atoms with Crippen LogP contribution < -0.4 is 16.4 Å². The molecule has 5 aliphatic rings. The lowest BCUT2D eigenvalue weighted by Gasteiger charge is -2.45. The fourth-order valence-electron chi connectivity index (χ4n) is 8.16. The molecule has 0 aromatic carbocycles. The van der Waals surface area contributed by atoms with Crippen LogP contribution in [0.2, 0.25) is 0 Å². The van der Waals surface area contributed by atoms with Gasteiger partial charge in [-0.3, -0.25) is 14.5 Å². The summed E-state index contributed by atoms with van der Waals surface area (Å²) in [6, 6.07) is 0.647. The molecule has 0 radical (unpaired) electrons. The molecule has 6 nitrogen and oxygen atoms in total. The Kier molecular flexibility index (Phi) is 7.08. The van der Waals surface area contributed by atoms with Crippen molar-refractivity contribution in [2.75, 3.05) is 19.6 Å². The maximum Gasteiger partial charge on any atom is 0.237 e. The second kappa shape index (κ2) is 10.0. The molecule has 5 fully saturated rings. The molecule has 4 N–H and O–H groups in total. The van der Waals surface area contributed by atoms with Crippen LogP contribution in [0.1, 0.15) is 83.5 Å². The van der Waals surface area contributed by atoms with E-state index in [1.54, 1.807) is 0 Å². The number of primary amides is 1. The molecule has 2 saturated heterocycles. The molecule has 32 heavy (non-hydrogen) atoms.